The van der Waals surface area contributed by atoms with Crippen LogP contribution in [-0.2, 0) is 22.3 Å². The number of carbonyl (C=O) groups is 2. The fourth-order valence-corrected chi connectivity index (χ4v) is 1.45. The van der Waals surface area contributed by atoms with Crippen molar-refractivity contribution in [2.75, 3.05) is 20.3 Å². The summed E-state index contributed by atoms with van der Waals surface area (Å²) in [6.45, 7) is -0.325. The Balaban J connectivity index is 2.68. The van der Waals surface area contributed by atoms with Gasteiger partial charge in [0.25, 0.3) is 5.56 Å². The van der Waals surface area contributed by atoms with E-state index in [9.17, 15) is 27.6 Å². The molecule has 0 atom stereocenters. The van der Waals surface area contributed by atoms with Crippen molar-refractivity contribution in [3.63, 3.8) is 0 Å². The number of carbonyl (C=O) groups excluding carboxylic acids is 2. The molecule has 0 radical (unpaired) electrons. The fraction of sp³-hybridized carbons (Fsp3) is 0.417. The van der Waals surface area contributed by atoms with Crippen molar-refractivity contribution in [1.82, 2.24) is 15.2 Å². The van der Waals surface area contributed by atoms with Gasteiger partial charge < -0.3 is 14.6 Å². The number of aromatic nitrogens is 1. The zero-order valence-corrected chi connectivity index (χ0v) is 11.6. The molecular formula is C12H14F3N3O4. The number of amides is 3. The van der Waals surface area contributed by atoms with Gasteiger partial charge in [-0.1, -0.05) is 0 Å². The second-order valence-electron chi connectivity index (χ2n) is 4.18. The molecule has 0 spiro atoms. The molecule has 0 aliphatic carbocycles. The first-order valence-electron chi connectivity index (χ1n) is 6.08. The van der Waals surface area contributed by atoms with Crippen LogP contribution in [0.25, 0.3) is 0 Å². The summed E-state index contributed by atoms with van der Waals surface area (Å²) in [5.74, 6) is -0.920. The van der Waals surface area contributed by atoms with Crippen molar-refractivity contribution in [3.8, 4) is 0 Å². The lowest BCUT2D eigenvalue weighted by molar-refractivity contribution is -0.138. The lowest BCUT2D eigenvalue weighted by Crippen LogP contribution is -2.43. The topological polar surface area (TPSA) is 89.4 Å². The van der Waals surface area contributed by atoms with Gasteiger partial charge in [-0.05, 0) is 6.07 Å². The number of methoxy groups -OCH3 is 1. The Hall–Kier alpha value is -2.36. The van der Waals surface area contributed by atoms with Crippen molar-refractivity contribution in [1.29, 1.82) is 0 Å². The molecule has 0 aliphatic heterocycles. The summed E-state index contributed by atoms with van der Waals surface area (Å²) in [4.78, 5) is 34.2. The van der Waals surface area contributed by atoms with Crippen molar-refractivity contribution in [2.24, 2.45) is 0 Å². The van der Waals surface area contributed by atoms with E-state index in [4.69, 9.17) is 0 Å². The summed E-state index contributed by atoms with van der Waals surface area (Å²) in [6.07, 6.45) is -4.12. The summed E-state index contributed by atoms with van der Waals surface area (Å²) < 4.78 is 42.8. The molecule has 3 amide bonds. The van der Waals surface area contributed by atoms with Gasteiger partial charge in [0, 0.05) is 25.9 Å². The number of hydrogen-bond donors (Lipinski definition) is 2. The largest absolute Gasteiger partial charge is 0.417 e. The molecular weight excluding hydrogens is 307 g/mol. The van der Waals surface area contributed by atoms with Gasteiger partial charge in [-0.15, -0.1) is 0 Å². The van der Waals surface area contributed by atoms with Gasteiger partial charge >= 0.3 is 12.2 Å². The third kappa shape index (κ3) is 5.56. The number of ether oxygens (including phenoxy) is 1. The van der Waals surface area contributed by atoms with Crippen LogP contribution in [0, 0.1) is 0 Å². The third-order valence-electron chi connectivity index (χ3n) is 2.47. The monoisotopic (exact) mass is 321 g/mol. The summed E-state index contributed by atoms with van der Waals surface area (Å²) in [6, 6.07) is 0.491. The molecule has 1 aromatic rings. The molecule has 0 saturated carbocycles. The van der Waals surface area contributed by atoms with E-state index in [1.54, 1.807) is 0 Å². The van der Waals surface area contributed by atoms with Crippen molar-refractivity contribution in [3.05, 3.63) is 34.2 Å². The van der Waals surface area contributed by atoms with Crippen LogP contribution in [0.3, 0.4) is 0 Å². The van der Waals surface area contributed by atoms with Crippen LogP contribution in [0.4, 0.5) is 18.0 Å². The summed E-state index contributed by atoms with van der Waals surface area (Å²) >= 11 is 0. The van der Waals surface area contributed by atoms with E-state index < -0.39 is 35.8 Å². The van der Waals surface area contributed by atoms with E-state index >= 15 is 0 Å². The van der Waals surface area contributed by atoms with Crippen LogP contribution in [0.15, 0.2) is 23.1 Å². The van der Waals surface area contributed by atoms with Crippen LogP contribution in [0.1, 0.15) is 5.56 Å². The number of halogens is 3. The van der Waals surface area contributed by atoms with Crippen LogP contribution < -0.4 is 16.2 Å². The van der Waals surface area contributed by atoms with Gasteiger partial charge in [-0.25, -0.2) is 4.79 Å². The molecule has 0 unspecified atom stereocenters. The molecule has 7 nitrogen and oxygen atoms in total. The number of rotatable bonds is 5. The average Bonchev–Trinajstić information content (AvgIpc) is 2.40. The smallest absolute Gasteiger partial charge is 0.383 e. The highest BCUT2D eigenvalue weighted by Crippen LogP contribution is 2.27. The first-order chi connectivity index (χ1) is 10.2. The first-order valence-corrected chi connectivity index (χ1v) is 6.08. The quantitative estimate of drug-likeness (QED) is 0.765. The number of pyridine rings is 1. The maximum absolute atomic E-state index is 12.5. The van der Waals surface area contributed by atoms with Gasteiger partial charge in [0.15, 0.2) is 0 Å². The number of nitrogens with one attached hydrogen (secondary N) is 2. The number of urea groups is 1. The van der Waals surface area contributed by atoms with Crippen molar-refractivity contribution >= 4 is 11.9 Å². The van der Waals surface area contributed by atoms with Crippen molar-refractivity contribution in [2.45, 2.75) is 12.7 Å². The Morgan fingerprint density at radius 1 is 1.32 bits per heavy atom. The highest BCUT2D eigenvalue weighted by atomic mass is 19.4. The van der Waals surface area contributed by atoms with Crippen LogP contribution in [0.5, 0.6) is 0 Å². The van der Waals surface area contributed by atoms with Crippen LogP contribution in [0.2, 0.25) is 0 Å². The molecule has 0 saturated heterocycles. The van der Waals surface area contributed by atoms with Crippen LogP contribution in [-0.4, -0.2) is 36.8 Å². The average molecular weight is 321 g/mol. The molecule has 0 fully saturated rings. The highest BCUT2D eigenvalue weighted by molar-refractivity contribution is 5.94. The highest BCUT2D eigenvalue weighted by Gasteiger charge is 2.31. The molecule has 0 aliphatic rings. The SMILES string of the molecule is COCCNC(=O)NC(=O)Cn1cc(C(F)(F)F)ccc1=O. The molecule has 1 aromatic heterocycles. The maximum Gasteiger partial charge on any atom is 0.417 e. The summed E-state index contributed by atoms with van der Waals surface area (Å²) in [7, 11) is 1.42. The molecule has 22 heavy (non-hydrogen) atoms. The molecule has 10 heteroatoms. The normalized spacial score (nSPS) is 11.1. The van der Waals surface area contributed by atoms with Gasteiger partial charge in [0.1, 0.15) is 6.54 Å². The van der Waals surface area contributed by atoms with Gasteiger partial charge in [-0.3, -0.25) is 14.9 Å². The predicted octanol–water partition coefficient (Wildman–Crippen LogP) is 0.339. The Morgan fingerprint density at radius 2 is 2.00 bits per heavy atom. The lowest BCUT2D eigenvalue weighted by Gasteiger charge is -2.11. The van der Waals surface area contributed by atoms with E-state index in [-0.39, 0.29) is 13.2 Å². The first kappa shape index (κ1) is 17.7. The minimum absolute atomic E-state index is 0.152. The Kier molecular flexibility index (Phi) is 6.11. The van der Waals surface area contributed by atoms with E-state index in [0.29, 0.717) is 22.9 Å². The van der Waals surface area contributed by atoms with Gasteiger partial charge in [0.2, 0.25) is 5.91 Å². The Labute approximate surface area is 123 Å². The fourth-order valence-electron chi connectivity index (χ4n) is 1.45. The molecule has 122 valence electrons. The van der Waals surface area contributed by atoms with Crippen LogP contribution >= 0.6 is 0 Å². The van der Waals surface area contributed by atoms with E-state index in [0.717, 1.165) is 0 Å². The predicted molar refractivity (Wildman–Crippen MR) is 69.1 cm³/mol. The summed E-state index contributed by atoms with van der Waals surface area (Å²) in [5, 5.41) is 4.17. The zero-order chi connectivity index (χ0) is 16.8. The number of alkyl halides is 3. The van der Waals surface area contributed by atoms with Crippen molar-refractivity contribution < 1.29 is 27.5 Å². The molecule has 1 rings (SSSR count). The number of hydrogen-bond acceptors (Lipinski definition) is 4. The Morgan fingerprint density at radius 3 is 2.59 bits per heavy atom. The minimum Gasteiger partial charge on any atom is -0.383 e. The van der Waals surface area contributed by atoms with Gasteiger partial charge in [0.05, 0.1) is 12.2 Å². The molecule has 0 aromatic carbocycles. The zero-order valence-electron chi connectivity index (χ0n) is 11.6. The number of nitrogens with zero attached hydrogens (tertiary/aromatic N) is 1. The lowest BCUT2D eigenvalue weighted by atomic mass is 10.3. The second kappa shape index (κ2) is 7.59. The molecule has 1 heterocycles. The van der Waals surface area contributed by atoms with Gasteiger partial charge in [-0.2, -0.15) is 13.2 Å². The molecule has 2 N–H and O–H groups in total. The summed E-state index contributed by atoms with van der Waals surface area (Å²) in [5.41, 5.74) is -1.85. The Bertz CT molecular complexity index is 598. The standard InChI is InChI=1S/C12H14F3N3O4/c1-22-5-4-16-11(21)17-9(19)7-18-6-8(12(13,14)15)2-3-10(18)20/h2-3,6H,4-5,7H2,1H3,(H2,16,17,19,21). The third-order valence-corrected chi connectivity index (χ3v) is 2.47. The second-order valence-corrected chi connectivity index (χ2v) is 4.18. The van der Waals surface area contributed by atoms with E-state index in [1.165, 1.54) is 7.11 Å². The maximum atomic E-state index is 12.5. The number of imide groups is 1. The van der Waals surface area contributed by atoms with E-state index in [1.807, 2.05) is 5.32 Å². The minimum atomic E-state index is -4.64. The molecule has 0 bridgehead atoms. The van der Waals surface area contributed by atoms with E-state index in [2.05, 4.69) is 10.1 Å².